The number of hydrogen-bond acceptors (Lipinski definition) is 3. The van der Waals surface area contributed by atoms with E-state index in [1.54, 1.807) is 5.32 Å². The summed E-state index contributed by atoms with van der Waals surface area (Å²) in [5.74, 6) is -10.1. The molecule has 34 heavy (non-hydrogen) atoms. The van der Waals surface area contributed by atoms with E-state index in [4.69, 9.17) is 11.6 Å². The van der Waals surface area contributed by atoms with Crippen molar-refractivity contribution in [2.45, 2.75) is 23.9 Å². The third kappa shape index (κ3) is 4.52. The smallest absolute Gasteiger partial charge is 0.320 e. The van der Waals surface area contributed by atoms with Crippen molar-refractivity contribution >= 4 is 44.8 Å². The second kappa shape index (κ2) is 8.87. The quantitative estimate of drug-likeness (QED) is 0.225. The number of nitrogens with zero attached hydrogens (tertiary/aromatic N) is 1. The van der Waals surface area contributed by atoms with Gasteiger partial charge in [0.05, 0.1) is 21.2 Å². The third-order valence-electron chi connectivity index (χ3n) is 4.28. The molecule has 186 valence electrons. The Balaban J connectivity index is 2.60. The predicted molar refractivity (Wildman–Crippen MR) is 100 cm³/mol. The molecule has 0 saturated carbocycles. The number of nitro groups is 1. The van der Waals surface area contributed by atoms with Gasteiger partial charge in [0.1, 0.15) is 0 Å². The number of amides is 1. The Kier molecular flexibility index (Phi) is 7.20. The molecule has 0 spiro atoms. The maximum atomic E-state index is 14.6. The lowest BCUT2D eigenvalue weighted by Crippen LogP contribution is -2.59. The topological polar surface area (TPSA) is 72.2 Å². The maximum Gasteiger partial charge on any atom is 0.457 e. The van der Waals surface area contributed by atoms with Crippen LogP contribution < -0.4 is 5.32 Å². The van der Waals surface area contributed by atoms with E-state index in [0.717, 1.165) is 12.1 Å². The molecule has 1 N–H and O–H groups in total. The van der Waals surface area contributed by atoms with Gasteiger partial charge in [0.2, 0.25) is 5.82 Å². The number of rotatable bonds is 5. The van der Waals surface area contributed by atoms with Crippen LogP contribution in [0.3, 0.4) is 0 Å². The van der Waals surface area contributed by atoms with E-state index in [0.29, 0.717) is 6.07 Å². The second-order valence-electron chi connectivity index (χ2n) is 6.39. The minimum absolute atomic E-state index is 0.140. The van der Waals surface area contributed by atoms with E-state index in [-0.39, 0.29) is 12.1 Å². The molecule has 1 amide bonds. The molecule has 0 saturated heterocycles. The van der Waals surface area contributed by atoms with Crippen LogP contribution in [0.5, 0.6) is 0 Å². The number of carbonyl (C=O) groups excluding carboxylic acids is 1. The fraction of sp³-hybridized carbons (Fsp3) is 0.235. The Labute approximate surface area is 195 Å². The Morgan fingerprint density at radius 2 is 1.56 bits per heavy atom. The number of nitrogens with one attached hydrogen (secondary N) is 1. The van der Waals surface area contributed by atoms with E-state index in [1.165, 1.54) is 0 Å². The molecule has 0 aromatic heterocycles. The van der Waals surface area contributed by atoms with Crippen molar-refractivity contribution in [1.82, 2.24) is 0 Å². The molecule has 1 unspecified atom stereocenters. The lowest BCUT2D eigenvalue weighted by atomic mass is 9.87. The number of hydrogen-bond donors (Lipinski definition) is 1. The lowest BCUT2D eigenvalue weighted by molar-refractivity contribution is -0.389. The number of halogens is 12. The standard InChI is InChI=1S/C17H6BrClF10N2O3/c18-8-4-6(14(21,16(24,25)26)15(22,23)17(27,28)29)5-9(19)12(8)30-13(32)7-2-1-3-10(11(7)20)31(33)34/h1-5H,(H,30,32). The lowest BCUT2D eigenvalue weighted by Gasteiger charge is -2.36. The van der Waals surface area contributed by atoms with Crippen molar-refractivity contribution in [3.05, 3.63) is 66.9 Å². The van der Waals surface area contributed by atoms with Gasteiger partial charge >= 0.3 is 29.6 Å². The summed E-state index contributed by atoms with van der Waals surface area (Å²) in [5.41, 5.74) is -11.4. The van der Waals surface area contributed by atoms with Gasteiger partial charge in [-0.25, -0.2) is 4.39 Å². The van der Waals surface area contributed by atoms with Crippen LogP contribution in [0.2, 0.25) is 5.02 Å². The molecule has 0 heterocycles. The Bertz CT molecular complexity index is 1130. The largest absolute Gasteiger partial charge is 0.457 e. The Hall–Kier alpha value is -2.62. The molecule has 2 aromatic carbocycles. The number of carbonyl (C=O) groups is 1. The molecule has 0 bridgehead atoms. The molecule has 0 aliphatic heterocycles. The first-order valence-corrected chi connectivity index (χ1v) is 9.38. The fourth-order valence-corrected chi connectivity index (χ4v) is 3.57. The van der Waals surface area contributed by atoms with Crippen LogP contribution in [0.4, 0.5) is 55.3 Å². The second-order valence-corrected chi connectivity index (χ2v) is 7.65. The number of anilines is 1. The van der Waals surface area contributed by atoms with Crippen LogP contribution in [0.1, 0.15) is 15.9 Å². The van der Waals surface area contributed by atoms with Gasteiger partial charge < -0.3 is 5.32 Å². The van der Waals surface area contributed by atoms with Crippen molar-refractivity contribution in [3.8, 4) is 0 Å². The Morgan fingerprint density at radius 3 is 2.00 bits per heavy atom. The molecule has 0 fully saturated rings. The number of alkyl halides is 9. The van der Waals surface area contributed by atoms with Gasteiger partial charge in [0.15, 0.2) is 0 Å². The minimum Gasteiger partial charge on any atom is -0.320 e. The summed E-state index contributed by atoms with van der Waals surface area (Å²) in [4.78, 5) is 21.9. The van der Waals surface area contributed by atoms with Crippen LogP contribution in [-0.2, 0) is 5.67 Å². The first-order chi connectivity index (χ1) is 15.3. The molecule has 5 nitrogen and oxygen atoms in total. The summed E-state index contributed by atoms with van der Waals surface area (Å²) in [6.07, 6.45) is -13.8. The zero-order valence-corrected chi connectivity index (χ0v) is 17.9. The van der Waals surface area contributed by atoms with Crippen molar-refractivity contribution in [2.75, 3.05) is 5.32 Å². The zero-order valence-electron chi connectivity index (χ0n) is 15.6. The monoisotopic (exact) mass is 590 g/mol. The van der Waals surface area contributed by atoms with Gasteiger partial charge in [-0.15, -0.1) is 0 Å². The fourth-order valence-electron chi connectivity index (χ4n) is 2.63. The molecular formula is C17H6BrClF10N2O3. The molecular weight excluding hydrogens is 586 g/mol. The van der Waals surface area contributed by atoms with E-state index in [9.17, 15) is 58.8 Å². The predicted octanol–water partition coefficient (Wildman–Crippen LogP) is 7.33. The van der Waals surface area contributed by atoms with Crippen LogP contribution in [-0.4, -0.2) is 29.1 Å². The first kappa shape index (κ1) is 27.6. The molecule has 0 aliphatic rings. The zero-order chi connectivity index (χ0) is 26.4. The van der Waals surface area contributed by atoms with Gasteiger partial charge in [0, 0.05) is 16.1 Å². The molecule has 0 radical (unpaired) electrons. The Morgan fingerprint density at radius 1 is 1.00 bits per heavy atom. The maximum absolute atomic E-state index is 14.6. The SMILES string of the molecule is O=C(Nc1c(Cl)cc(C(F)(C(F)(F)F)C(F)(F)C(F)(F)F)cc1Br)c1cccc([N+](=O)[O-])c1F. The summed E-state index contributed by atoms with van der Waals surface area (Å²) < 4.78 is 133. The summed E-state index contributed by atoms with van der Waals surface area (Å²) in [6, 6.07) is 1.98. The first-order valence-electron chi connectivity index (χ1n) is 8.21. The highest BCUT2D eigenvalue weighted by Gasteiger charge is 2.81. The number of nitro benzene ring substituents is 1. The van der Waals surface area contributed by atoms with Crippen molar-refractivity contribution < 1.29 is 53.6 Å². The molecule has 1 atom stereocenters. The summed E-state index contributed by atoms with van der Waals surface area (Å²) in [5, 5.41) is 11.4. The van der Waals surface area contributed by atoms with E-state index < -0.39 is 72.6 Å². The normalized spacial score (nSPS) is 14.5. The molecule has 2 aromatic rings. The highest BCUT2D eigenvalue weighted by molar-refractivity contribution is 9.10. The van der Waals surface area contributed by atoms with Gasteiger partial charge in [0.25, 0.3) is 5.91 Å². The summed E-state index contributed by atoms with van der Waals surface area (Å²) >= 11 is 8.07. The van der Waals surface area contributed by atoms with E-state index in [2.05, 4.69) is 15.9 Å². The molecule has 0 aliphatic carbocycles. The number of benzene rings is 2. The highest BCUT2D eigenvalue weighted by atomic mass is 79.9. The highest BCUT2D eigenvalue weighted by Crippen LogP contribution is 2.59. The van der Waals surface area contributed by atoms with Crippen LogP contribution >= 0.6 is 27.5 Å². The summed E-state index contributed by atoms with van der Waals surface area (Å²) in [7, 11) is 0. The van der Waals surface area contributed by atoms with Gasteiger partial charge in [-0.05, 0) is 34.1 Å². The van der Waals surface area contributed by atoms with Gasteiger partial charge in [-0.1, -0.05) is 17.7 Å². The average molecular weight is 592 g/mol. The van der Waals surface area contributed by atoms with Gasteiger partial charge in [-0.3, -0.25) is 14.9 Å². The molecule has 2 rings (SSSR count). The van der Waals surface area contributed by atoms with E-state index >= 15 is 0 Å². The van der Waals surface area contributed by atoms with Gasteiger partial charge in [-0.2, -0.15) is 39.5 Å². The minimum atomic E-state index is -6.97. The summed E-state index contributed by atoms with van der Waals surface area (Å²) in [6.45, 7) is 0. The van der Waals surface area contributed by atoms with Crippen LogP contribution in [0.25, 0.3) is 0 Å². The van der Waals surface area contributed by atoms with Crippen molar-refractivity contribution in [2.24, 2.45) is 0 Å². The average Bonchev–Trinajstić information content (AvgIpc) is 2.67. The van der Waals surface area contributed by atoms with Crippen molar-refractivity contribution in [3.63, 3.8) is 0 Å². The molecule has 17 heteroatoms. The van der Waals surface area contributed by atoms with Crippen molar-refractivity contribution in [1.29, 1.82) is 0 Å². The van der Waals surface area contributed by atoms with E-state index in [1.807, 2.05) is 0 Å². The van der Waals surface area contributed by atoms with Crippen LogP contribution in [0, 0.1) is 15.9 Å². The third-order valence-corrected chi connectivity index (χ3v) is 5.20. The van der Waals surface area contributed by atoms with Crippen LogP contribution in [0.15, 0.2) is 34.8 Å².